The largest absolute Gasteiger partial charge is 0.355 e. The molecule has 1 fully saturated rings. The number of rotatable bonds is 7. The molecule has 1 saturated heterocycles. The Bertz CT molecular complexity index is 512. The van der Waals surface area contributed by atoms with Crippen LogP contribution in [0.15, 0.2) is 29.3 Å². The second-order valence-electron chi connectivity index (χ2n) is 6.76. The molecule has 0 saturated carbocycles. The molecule has 0 atom stereocenters. The van der Waals surface area contributed by atoms with Crippen LogP contribution in [0, 0.1) is 0 Å². The molecule has 0 aliphatic carbocycles. The van der Waals surface area contributed by atoms with Crippen LogP contribution >= 0.6 is 24.0 Å². The number of halogens is 1. The molecule has 0 radical (unpaired) electrons. The first-order valence-corrected chi connectivity index (χ1v) is 9.07. The van der Waals surface area contributed by atoms with E-state index in [0.29, 0.717) is 0 Å². The van der Waals surface area contributed by atoms with Gasteiger partial charge in [0, 0.05) is 33.2 Å². The molecule has 142 valence electrons. The lowest BCUT2D eigenvalue weighted by atomic mass is 10.1. The number of aliphatic imine (C=N–C) groups is 1. The number of benzene rings is 1. The topological polar surface area (TPSA) is 42.9 Å². The van der Waals surface area contributed by atoms with Crippen molar-refractivity contribution in [3.05, 3.63) is 35.4 Å². The van der Waals surface area contributed by atoms with Crippen molar-refractivity contribution in [1.82, 2.24) is 20.4 Å². The zero-order chi connectivity index (χ0) is 17.2. The van der Waals surface area contributed by atoms with Crippen LogP contribution in [0.1, 0.15) is 30.4 Å². The predicted octanol–water partition coefficient (Wildman–Crippen LogP) is 2.52. The first-order chi connectivity index (χ1) is 11.7. The van der Waals surface area contributed by atoms with Gasteiger partial charge in [0.25, 0.3) is 0 Å². The van der Waals surface area contributed by atoms with Crippen molar-refractivity contribution in [2.45, 2.75) is 32.4 Å². The Morgan fingerprint density at radius 3 is 2.40 bits per heavy atom. The van der Waals surface area contributed by atoms with Gasteiger partial charge in [-0.1, -0.05) is 30.7 Å². The summed E-state index contributed by atoms with van der Waals surface area (Å²) < 4.78 is 0. The normalized spacial score (nSPS) is 15.8. The highest BCUT2D eigenvalue weighted by Gasteiger charge is 2.09. The second-order valence-corrected chi connectivity index (χ2v) is 6.76. The molecule has 1 aliphatic heterocycles. The summed E-state index contributed by atoms with van der Waals surface area (Å²) in [4.78, 5) is 9.08. The van der Waals surface area contributed by atoms with Gasteiger partial charge in [0.15, 0.2) is 5.96 Å². The third-order valence-corrected chi connectivity index (χ3v) is 4.44. The van der Waals surface area contributed by atoms with Crippen LogP contribution in [0.3, 0.4) is 0 Å². The number of hydrogen-bond donors (Lipinski definition) is 2. The third-order valence-electron chi connectivity index (χ3n) is 4.44. The van der Waals surface area contributed by atoms with E-state index in [-0.39, 0.29) is 24.0 Å². The van der Waals surface area contributed by atoms with Crippen LogP contribution in [-0.4, -0.2) is 63.1 Å². The summed E-state index contributed by atoms with van der Waals surface area (Å²) >= 11 is 0. The highest BCUT2D eigenvalue weighted by molar-refractivity contribution is 14.0. The zero-order valence-corrected chi connectivity index (χ0v) is 18.3. The van der Waals surface area contributed by atoms with Gasteiger partial charge in [-0.2, -0.15) is 0 Å². The quantitative estimate of drug-likeness (QED) is 0.374. The summed E-state index contributed by atoms with van der Waals surface area (Å²) in [5, 5.41) is 6.87. The Kier molecular flexibility index (Phi) is 11.1. The number of guanidine groups is 1. The molecule has 6 heteroatoms. The molecular weight excluding hydrogens is 425 g/mol. The van der Waals surface area contributed by atoms with Gasteiger partial charge in [0.2, 0.25) is 0 Å². The summed E-state index contributed by atoms with van der Waals surface area (Å²) in [6, 6.07) is 8.59. The molecule has 0 aromatic heterocycles. The van der Waals surface area contributed by atoms with Gasteiger partial charge < -0.3 is 20.4 Å². The summed E-state index contributed by atoms with van der Waals surface area (Å²) in [7, 11) is 6.04. The van der Waals surface area contributed by atoms with E-state index in [0.717, 1.165) is 32.1 Å². The molecule has 2 rings (SSSR count). The molecule has 5 nitrogen and oxygen atoms in total. The lowest BCUT2D eigenvalue weighted by Crippen LogP contribution is -2.42. The Balaban J connectivity index is 0.00000312. The highest BCUT2D eigenvalue weighted by Crippen LogP contribution is 2.10. The van der Waals surface area contributed by atoms with E-state index in [9.17, 15) is 0 Å². The van der Waals surface area contributed by atoms with Crippen molar-refractivity contribution in [2.75, 3.05) is 47.3 Å². The van der Waals surface area contributed by atoms with Gasteiger partial charge in [-0.25, -0.2) is 0 Å². The molecule has 1 aromatic rings. The third kappa shape index (κ3) is 8.37. The smallest absolute Gasteiger partial charge is 0.191 e. The minimum Gasteiger partial charge on any atom is -0.355 e. The summed E-state index contributed by atoms with van der Waals surface area (Å²) in [6.45, 7) is 6.28. The van der Waals surface area contributed by atoms with E-state index in [1.165, 1.54) is 43.5 Å². The van der Waals surface area contributed by atoms with Crippen molar-refractivity contribution in [3.8, 4) is 0 Å². The van der Waals surface area contributed by atoms with Gasteiger partial charge in [0.05, 0.1) is 0 Å². The molecule has 1 aromatic carbocycles. The standard InChI is InChI=1S/C19H33N5.HI/c1-20-19(21-11-14-24-12-7-4-8-13-24)22-15-17-9-5-6-10-18(17)16-23(2)3;/h5-6,9-10H,4,7-8,11-16H2,1-3H3,(H2,20,21,22);1H. The Morgan fingerprint density at radius 1 is 1.08 bits per heavy atom. The van der Waals surface area contributed by atoms with Crippen molar-refractivity contribution in [1.29, 1.82) is 0 Å². The van der Waals surface area contributed by atoms with Gasteiger partial charge in [-0.05, 0) is 51.2 Å². The van der Waals surface area contributed by atoms with Gasteiger partial charge in [0.1, 0.15) is 0 Å². The van der Waals surface area contributed by atoms with Crippen molar-refractivity contribution in [3.63, 3.8) is 0 Å². The molecule has 25 heavy (non-hydrogen) atoms. The average molecular weight is 459 g/mol. The molecule has 0 spiro atoms. The summed E-state index contributed by atoms with van der Waals surface area (Å²) in [6.07, 6.45) is 4.07. The first-order valence-electron chi connectivity index (χ1n) is 9.07. The van der Waals surface area contributed by atoms with E-state index in [1.807, 2.05) is 7.05 Å². The maximum absolute atomic E-state index is 4.34. The van der Waals surface area contributed by atoms with Crippen LogP contribution in [0.4, 0.5) is 0 Å². The minimum atomic E-state index is 0. The van der Waals surface area contributed by atoms with Crippen molar-refractivity contribution >= 4 is 29.9 Å². The maximum Gasteiger partial charge on any atom is 0.191 e. The molecule has 1 aliphatic rings. The van der Waals surface area contributed by atoms with Gasteiger partial charge in [-0.3, -0.25) is 4.99 Å². The lowest BCUT2D eigenvalue weighted by molar-refractivity contribution is 0.232. The Labute approximate surface area is 170 Å². The fraction of sp³-hybridized carbons (Fsp3) is 0.632. The molecular formula is C19H34IN5. The van der Waals surface area contributed by atoms with E-state index in [2.05, 4.69) is 63.8 Å². The fourth-order valence-electron chi connectivity index (χ4n) is 3.14. The van der Waals surface area contributed by atoms with E-state index in [1.54, 1.807) is 0 Å². The molecule has 1 heterocycles. The number of piperidine rings is 1. The number of nitrogens with one attached hydrogen (secondary N) is 2. The minimum absolute atomic E-state index is 0. The Hall–Kier alpha value is -0.860. The highest BCUT2D eigenvalue weighted by atomic mass is 127. The zero-order valence-electron chi connectivity index (χ0n) is 15.9. The molecule has 0 unspecified atom stereocenters. The lowest BCUT2D eigenvalue weighted by Gasteiger charge is -2.26. The molecule has 0 bridgehead atoms. The maximum atomic E-state index is 4.34. The number of nitrogens with zero attached hydrogens (tertiary/aromatic N) is 3. The van der Waals surface area contributed by atoms with E-state index < -0.39 is 0 Å². The van der Waals surface area contributed by atoms with Crippen molar-refractivity contribution < 1.29 is 0 Å². The molecule has 2 N–H and O–H groups in total. The van der Waals surface area contributed by atoms with Crippen LogP contribution in [0.25, 0.3) is 0 Å². The monoisotopic (exact) mass is 459 g/mol. The first kappa shape index (κ1) is 22.2. The van der Waals surface area contributed by atoms with Gasteiger partial charge in [-0.15, -0.1) is 24.0 Å². The fourth-order valence-corrected chi connectivity index (χ4v) is 3.14. The number of hydrogen-bond acceptors (Lipinski definition) is 3. The average Bonchev–Trinajstić information content (AvgIpc) is 2.59. The second kappa shape index (κ2) is 12.5. The summed E-state index contributed by atoms with van der Waals surface area (Å²) in [5.74, 6) is 0.881. The van der Waals surface area contributed by atoms with E-state index in [4.69, 9.17) is 0 Å². The molecule has 0 amide bonds. The van der Waals surface area contributed by atoms with Crippen molar-refractivity contribution in [2.24, 2.45) is 4.99 Å². The predicted molar refractivity (Wildman–Crippen MR) is 118 cm³/mol. The SMILES string of the molecule is CN=C(NCCN1CCCCC1)NCc1ccccc1CN(C)C.I. The van der Waals surface area contributed by atoms with Crippen LogP contribution < -0.4 is 10.6 Å². The van der Waals surface area contributed by atoms with Crippen LogP contribution in [0.2, 0.25) is 0 Å². The van der Waals surface area contributed by atoms with E-state index >= 15 is 0 Å². The van der Waals surface area contributed by atoms with Gasteiger partial charge >= 0.3 is 0 Å². The summed E-state index contributed by atoms with van der Waals surface area (Å²) in [5.41, 5.74) is 2.68. The van der Waals surface area contributed by atoms with Crippen LogP contribution in [-0.2, 0) is 13.1 Å². The number of likely N-dealkylation sites (tertiary alicyclic amines) is 1. The van der Waals surface area contributed by atoms with Crippen LogP contribution in [0.5, 0.6) is 0 Å². The Morgan fingerprint density at radius 2 is 1.76 bits per heavy atom.